The number of methoxy groups -OCH3 is 1. The van der Waals surface area contributed by atoms with Crippen molar-refractivity contribution in [1.29, 1.82) is 0 Å². The van der Waals surface area contributed by atoms with E-state index in [-0.39, 0.29) is 36.2 Å². The molecular weight excluding hydrogens is 546 g/mol. The first-order chi connectivity index (χ1) is 20.7. The number of aryl methyl sites for hydroxylation is 1. The summed E-state index contributed by atoms with van der Waals surface area (Å²) >= 11 is 0. The van der Waals surface area contributed by atoms with Gasteiger partial charge in [-0.15, -0.1) is 0 Å². The van der Waals surface area contributed by atoms with Gasteiger partial charge in [-0.25, -0.2) is 4.98 Å². The molecule has 3 rings (SSSR count). The van der Waals surface area contributed by atoms with E-state index in [4.69, 9.17) is 10.5 Å². The van der Waals surface area contributed by atoms with Crippen LogP contribution in [0, 0.1) is 6.92 Å². The van der Waals surface area contributed by atoms with E-state index in [1.54, 1.807) is 6.92 Å². The summed E-state index contributed by atoms with van der Waals surface area (Å²) in [7, 11) is 1.37. The Morgan fingerprint density at radius 3 is 2.60 bits per heavy atom. The maximum atomic E-state index is 13.7. The number of nitrogens with two attached hydrogens (primary N) is 1. The molecule has 1 atom stereocenters. The molecule has 236 valence electrons. The Balaban J connectivity index is 1.71. The molecule has 2 heterocycles. The van der Waals surface area contributed by atoms with Gasteiger partial charge in [0.2, 0.25) is 17.8 Å². The standard InChI is InChI=1S/C32H49N7O4/c1-5-6-7-15-34-30-27(23(2)36-32(33)37-30)13-9-14-28(39-17-10-16-38(18-19-39)24(3)40)31(42)35-22-26-12-8-11-25(20-26)21-29(41)43-4/h8,11-12,20,28H,5-7,9-10,13-19,21-22H2,1-4H3,(H,35,42)(H3,33,34,36,37). The lowest BCUT2D eigenvalue weighted by Gasteiger charge is -2.30. The number of nitrogens with one attached hydrogen (secondary N) is 2. The predicted octanol–water partition coefficient (Wildman–Crippen LogP) is 3.25. The smallest absolute Gasteiger partial charge is 0.309 e. The van der Waals surface area contributed by atoms with Crippen molar-refractivity contribution in [1.82, 2.24) is 25.1 Å². The molecule has 2 amide bonds. The number of nitrogens with zero attached hydrogens (tertiary/aromatic N) is 4. The Kier molecular flexibility index (Phi) is 13.7. The molecule has 0 aliphatic carbocycles. The maximum Gasteiger partial charge on any atom is 0.309 e. The lowest BCUT2D eigenvalue weighted by Crippen LogP contribution is -2.48. The minimum Gasteiger partial charge on any atom is -0.469 e. The van der Waals surface area contributed by atoms with Crippen molar-refractivity contribution >= 4 is 29.5 Å². The fraction of sp³-hybridized carbons (Fsp3) is 0.594. The molecule has 11 heteroatoms. The van der Waals surface area contributed by atoms with Crippen LogP contribution in [-0.2, 0) is 38.5 Å². The number of carbonyl (C=O) groups excluding carboxylic acids is 3. The number of rotatable bonds is 15. The van der Waals surface area contributed by atoms with Gasteiger partial charge >= 0.3 is 5.97 Å². The van der Waals surface area contributed by atoms with E-state index in [2.05, 4.69) is 32.4 Å². The first-order valence-electron chi connectivity index (χ1n) is 15.5. The van der Waals surface area contributed by atoms with Crippen LogP contribution < -0.4 is 16.4 Å². The summed E-state index contributed by atoms with van der Waals surface area (Å²) in [5, 5.41) is 6.58. The van der Waals surface area contributed by atoms with E-state index in [1.807, 2.05) is 36.1 Å². The number of hydrogen-bond donors (Lipinski definition) is 3. The zero-order valence-corrected chi connectivity index (χ0v) is 26.3. The molecule has 2 aromatic rings. The number of carbonyl (C=O) groups is 3. The molecule has 43 heavy (non-hydrogen) atoms. The average molecular weight is 596 g/mol. The molecule has 0 radical (unpaired) electrons. The van der Waals surface area contributed by atoms with Gasteiger partial charge in [-0.2, -0.15) is 4.98 Å². The summed E-state index contributed by atoms with van der Waals surface area (Å²) in [6.45, 7) is 9.58. The maximum absolute atomic E-state index is 13.7. The third kappa shape index (κ3) is 10.8. The molecule has 11 nitrogen and oxygen atoms in total. The van der Waals surface area contributed by atoms with Gasteiger partial charge in [0.25, 0.3) is 0 Å². The monoisotopic (exact) mass is 595 g/mol. The summed E-state index contributed by atoms with van der Waals surface area (Å²) in [5.74, 6) is 0.751. The summed E-state index contributed by atoms with van der Waals surface area (Å²) < 4.78 is 4.79. The van der Waals surface area contributed by atoms with E-state index in [1.165, 1.54) is 7.11 Å². The topological polar surface area (TPSA) is 143 Å². The lowest BCUT2D eigenvalue weighted by atomic mass is 10.0. The fourth-order valence-electron chi connectivity index (χ4n) is 5.56. The molecule has 1 aliphatic heterocycles. The van der Waals surface area contributed by atoms with Crippen LogP contribution in [0.15, 0.2) is 24.3 Å². The van der Waals surface area contributed by atoms with Gasteiger partial charge in [0, 0.05) is 57.4 Å². The highest BCUT2D eigenvalue weighted by atomic mass is 16.5. The molecule has 4 N–H and O–H groups in total. The molecule has 0 spiro atoms. The molecule has 0 bridgehead atoms. The van der Waals surface area contributed by atoms with Crippen LogP contribution in [0.5, 0.6) is 0 Å². The zero-order chi connectivity index (χ0) is 31.2. The highest BCUT2D eigenvalue weighted by molar-refractivity contribution is 5.81. The largest absolute Gasteiger partial charge is 0.469 e. The third-order valence-corrected chi connectivity index (χ3v) is 7.96. The number of nitrogen functional groups attached to an aromatic ring is 1. The van der Waals surface area contributed by atoms with Crippen molar-refractivity contribution in [2.45, 2.75) is 84.7 Å². The van der Waals surface area contributed by atoms with Crippen LogP contribution in [0.25, 0.3) is 0 Å². The van der Waals surface area contributed by atoms with Crippen molar-refractivity contribution in [3.05, 3.63) is 46.6 Å². The third-order valence-electron chi connectivity index (χ3n) is 7.96. The van der Waals surface area contributed by atoms with Gasteiger partial charge in [-0.3, -0.25) is 19.3 Å². The van der Waals surface area contributed by atoms with Crippen molar-refractivity contribution in [2.75, 3.05) is 50.9 Å². The minimum atomic E-state index is -0.346. The Labute approximate surface area is 256 Å². The van der Waals surface area contributed by atoms with Gasteiger partial charge in [0.05, 0.1) is 19.6 Å². The van der Waals surface area contributed by atoms with Crippen LogP contribution >= 0.6 is 0 Å². The second-order valence-electron chi connectivity index (χ2n) is 11.2. The molecule has 1 aliphatic rings. The van der Waals surface area contributed by atoms with E-state index < -0.39 is 0 Å². The first-order valence-corrected chi connectivity index (χ1v) is 15.5. The Bertz CT molecular complexity index is 1220. The van der Waals surface area contributed by atoms with E-state index in [9.17, 15) is 14.4 Å². The quantitative estimate of drug-likeness (QED) is 0.209. The number of anilines is 2. The van der Waals surface area contributed by atoms with E-state index >= 15 is 0 Å². The first kappa shape index (κ1) is 33.8. The van der Waals surface area contributed by atoms with Crippen molar-refractivity contribution < 1.29 is 19.1 Å². The van der Waals surface area contributed by atoms with Crippen LogP contribution in [0.4, 0.5) is 11.8 Å². The zero-order valence-electron chi connectivity index (χ0n) is 26.3. The molecular formula is C32H49N7O4. The fourth-order valence-corrected chi connectivity index (χ4v) is 5.56. The summed E-state index contributed by atoms with van der Waals surface area (Å²) in [6.07, 6.45) is 6.47. The summed E-state index contributed by atoms with van der Waals surface area (Å²) in [6, 6.07) is 7.26. The SMILES string of the molecule is CCCCCNc1nc(N)nc(C)c1CCCC(C(=O)NCc1cccc(CC(=O)OC)c1)N1CCCN(C(C)=O)CC1. The number of benzene rings is 1. The second-order valence-corrected chi connectivity index (χ2v) is 11.2. The average Bonchev–Trinajstić information content (AvgIpc) is 3.24. The number of hydrogen-bond acceptors (Lipinski definition) is 9. The highest BCUT2D eigenvalue weighted by Gasteiger charge is 2.28. The number of aromatic nitrogens is 2. The van der Waals surface area contributed by atoms with Crippen LogP contribution in [0.3, 0.4) is 0 Å². The van der Waals surface area contributed by atoms with Gasteiger partial charge in [-0.05, 0) is 50.2 Å². The van der Waals surface area contributed by atoms with Gasteiger partial charge < -0.3 is 26.0 Å². The van der Waals surface area contributed by atoms with Crippen LogP contribution in [-0.4, -0.2) is 83.4 Å². The minimum absolute atomic E-state index is 0.0437. The Hall–Kier alpha value is -3.73. The van der Waals surface area contributed by atoms with Gasteiger partial charge in [-0.1, -0.05) is 44.0 Å². The van der Waals surface area contributed by atoms with Gasteiger partial charge in [0.15, 0.2) is 0 Å². The van der Waals surface area contributed by atoms with Crippen LogP contribution in [0.2, 0.25) is 0 Å². The number of esters is 1. The predicted molar refractivity (Wildman–Crippen MR) is 168 cm³/mol. The summed E-state index contributed by atoms with van der Waals surface area (Å²) in [5.41, 5.74) is 9.61. The number of ether oxygens (including phenoxy) is 1. The lowest BCUT2D eigenvalue weighted by molar-refractivity contribution is -0.139. The van der Waals surface area contributed by atoms with E-state index in [0.717, 1.165) is 79.8 Å². The Morgan fingerprint density at radius 2 is 1.86 bits per heavy atom. The molecule has 0 saturated carbocycles. The van der Waals surface area contributed by atoms with Gasteiger partial charge in [0.1, 0.15) is 5.82 Å². The van der Waals surface area contributed by atoms with Crippen LogP contribution in [0.1, 0.15) is 74.8 Å². The summed E-state index contributed by atoms with van der Waals surface area (Å²) in [4.78, 5) is 50.4. The van der Waals surface area contributed by atoms with Crippen molar-refractivity contribution in [3.63, 3.8) is 0 Å². The molecule has 1 saturated heterocycles. The highest BCUT2D eigenvalue weighted by Crippen LogP contribution is 2.22. The molecule has 1 fully saturated rings. The van der Waals surface area contributed by atoms with E-state index in [0.29, 0.717) is 32.6 Å². The molecule has 1 unspecified atom stereocenters. The Morgan fingerprint density at radius 1 is 1.07 bits per heavy atom. The number of unbranched alkanes of at least 4 members (excludes halogenated alkanes) is 2. The normalized spacial score (nSPS) is 14.6. The molecule has 1 aromatic heterocycles. The van der Waals surface area contributed by atoms with Crippen molar-refractivity contribution in [2.24, 2.45) is 0 Å². The molecule has 1 aromatic carbocycles. The number of amides is 2. The van der Waals surface area contributed by atoms with Crippen molar-refractivity contribution in [3.8, 4) is 0 Å². The second kappa shape index (κ2) is 17.4.